The zero-order valence-electron chi connectivity index (χ0n) is 12.6. The summed E-state index contributed by atoms with van der Waals surface area (Å²) in [6.45, 7) is 4.59. The van der Waals surface area contributed by atoms with Crippen molar-refractivity contribution in [3.8, 4) is 11.5 Å². The second-order valence-electron chi connectivity index (χ2n) is 3.97. The van der Waals surface area contributed by atoms with E-state index in [0.717, 1.165) is 0 Å². The molecule has 0 aliphatic heterocycles. The SMILES string of the molecule is CCOc1cc(/C=N\NC(=O)C(=O)NC)cc(Cl)c1OCC. The maximum atomic E-state index is 11.2. The highest BCUT2D eigenvalue weighted by Crippen LogP contribution is 2.36. The smallest absolute Gasteiger partial charge is 0.329 e. The molecule has 1 aromatic carbocycles. The molecular formula is C14H18ClN3O4. The lowest BCUT2D eigenvalue weighted by atomic mass is 10.2. The van der Waals surface area contributed by atoms with E-state index in [1.54, 1.807) is 12.1 Å². The van der Waals surface area contributed by atoms with E-state index < -0.39 is 11.8 Å². The topological polar surface area (TPSA) is 89.0 Å². The normalized spacial score (nSPS) is 10.4. The highest BCUT2D eigenvalue weighted by Gasteiger charge is 2.12. The quantitative estimate of drug-likeness (QED) is 0.468. The summed E-state index contributed by atoms with van der Waals surface area (Å²) in [7, 11) is 1.35. The van der Waals surface area contributed by atoms with Crippen molar-refractivity contribution in [2.75, 3.05) is 20.3 Å². The molecule has 0 saturated carbocycles. The van der Waals surface area contributed by atoms with Crippen LogP contribution in [0.25, 0.3) is 0 Å². The number of hydrogen-bond donors (Lipinski definition) is 2. The lowest BCUT2D eigenvalue weighted by molar-refractivity contribution is -0.138. The van der Waals surface area contributed by atoms with Gasteiger partial charge in [-0.3, -0.25) is 9.59 Å². The molecular weight excluding hydrogens is 310 g/mol. The first-order chi connectivity index (χ1) is 10.5. The van der Waals surface area contributed by atoms with Crippen molar-refractivity contribution in [1.82, 2.24) is 10.7 Å². The second-order valence-corrected chi connectivity index (χ2v) is 4.38. The molecule has 0 aliphatic rings. The minimum Gasteiger partial charge on any atom is -0.490 e. The minimum atomic E-state index is -0.860. The van der Waals surface area contributed by atoms with E-state index in [-0.39, 0.29) is 0 Å². The zero-order valence-corrected chi connectivity index (χ0v) is 13.4. The molecule has 0 radical (unpaired) electrons. The Bertz CT molecular complexity index is 575. The van der Waals surface area contributed by atoms with Crippen molar-refractivity contribution in [1.29, 1.82) is 0 Å². The third-order valence-electron chi connectivity index (χ3n) is 2.43. The Morgan fingerprint density at radius 3 is 2.50 bits per heavy atom. The number of rotatable bonds is 6. The highest BCUT2D eigenvalue weighted by molar-refractivity contribution is 6.35. The van der Waals surface area contributed by atoms with Crippen LogP contribution in [0, 0.1) is 0 Å². The highest BCUT2D eigenvalue weighted by atomic mass is 35.5. The molecule has 1 rings (SSSR count). The lowest BCUT2D eigenvalue weighted by Crippen LogP contribution is -2.35. The third kappa shape index (κ3) is 4.92. The predicted molar refractivity (Wildman–Crippen MR) is 83.6 cm³/mol. The van der Waals surface area contributed by atoms with Crippen LogP contribution in [0.1, 0.15) is 19.4 Å². The maximum absolute atomic E-state index is 11.2. The van der Waals surface area contributed by atoms with Crippen molar-refractivity contribution in [2.24, 2.45) is 5.10 Å². The summed E-state index contributed by atoms with van der Waals surface area (Å²) < 4.78 is 10.9. The molecule has 1 aromatic rings. The van der Waals surface area contributed by atoms with Crippen LogP contribution in [0.4, 0.5) is 0 Å². The summed E-state index contributed by atoms with van der Waals surface area (Å²) in [5.41, 5.74) is 2.69. The number of carbonyl (C=O) groups is 2. The van der Waals surface area contributed by atoms with Gasteiger partial charge in [-0.1, -0.05) is 11.6 Å². The van der Waals surface area contributed by atoms with Crippen LogP contribution in [0.2, 0.25) is 5.02 Å². The molecule has 22 heavy (non-hydrogen) atoms. The number of amides is 2. The second kappa shape index (κ2) is 8.89. The van der Waals surface area contributed by atoms with Crippen LogP contribution in [0.3, 0.4) is 0 Å². The number of hydrazone groups is 1. The molecule has 8 heteroatoms. The van der Waals surface area contributed by atoms with Gasteiger partial charge in [-0.25, -0.2) is 5.43 Å². The van der Waals surface area contributed by atoms with Crippen LogP contribution < -0.4 is 20.2 Å². The molecule has 0 heterocycles. The van der Waals surface area contributed by atoms with Crippen molar-refractivity contribution < 1.29 is 19.1 Å². The van der Waals surface area contributed by atoms with Gasteiger partial charge in [-0.2, -0.15) is 5.10 Å². The van der Waals surface area contributed by atoms with Crippen molar-refractivity contribution in [3.63, 3.8) is 0 Å². The third-order valence-corrected chi connectivity index (χ3v) is 2.71. The molecule has 2 N–H and O–H groups in total. The van der Waals surface area contributed by atoms with Crippen LogP contribution in [0.15, 0.2) is 17.2 Å². The summed E-state index contributed by atoms with van der Waals surface area (Å²) in [4.78, 5) is 22.2. The fraction of sp³-hybridized carbons (Fsp3) is 0.357. The van der Waals surface area contributed by atoms with Gasteiger partial charge in [0, 0.05) is 7.05 Å². The van der Waals surface area contributed by atoms with E-state index in [2.05, 4.69) is 15.8 Å². The molecule has 0 atom stereocenters. The lowest BCUT2D eigenvalue weighted by Gasteiger charge is -2.13. The number of nitrogens with zero attached hydrogens (tertiary/aromatic N) is 1. The Hall–Kier alpha value is -2.28. The molecule has 2 amide bonds. The van der Waals surface area contributed by atoms with E-state index in [0.29, 0.717) is 35.3 Å². The number of halogens is 1. The van der Waals surface area contributed by atoms with Gasteiger partial charge in [0.25, 0.3) is 0 Å². The van der Waals surface area contributed by atoms with Gasteiger partial charge in [-0.15, -0.1) is 0 Å². The summed E-state index contributed by atoms with van der Waals surface area (Å²) in [5.74, 6) is -0.703. The van der Waals surface area contributed by atoms with E-state index in [1.165, 1.54) is 13.3 Å². The van der Waals surface area contributed by atoms with Gasteiger partial charge in [0.1, 0.15) is 0 Å². The summed E-state index contributed by atoms with van der Waals surface area (Å²) in [5, 5.41) is 6.24. The van der Waals surface area contributed by atoms with Crippen molar-refractivity contribution >= 4 is 29.6 Å². The summed E-state index contributed by atoms with van der Waals surface area (Å²) in [6.07, 6.45) is 1.35. The van der Waals surface area contributed by atoms with Gasteiger partial charge in [0.2, 0.25) is 0 Å². The minimum absolute atomic E-state index is 0.367. The summed E-state index contributed by atoms with van der Waals surface area (Å²) in [6, 6.07) is 3.29. The Balaban J connectivity index is 2.91. The molecule has 0 aromatic heterocycles. The fourth-order valence-corrected chi connectivity index (χ4v) is 1.81. The van der Waals surface area contributed by atoms with Gasteiger partial charge < -0.3 is 14.8 Å². The number of ether oxygens (including phenoxy) is 2. The zero-order chi connectivity index (χ0) is 16.5. The van der Waals surface area contributed by atoms with Gasteiger partial charge >= 0.3 is 11.8 Å². The first kappa shape index (κ1) is 17.8. The molecule has 0 spiro atoms. The number of nitrogens with one attached hydrogen (secondary N) is 2. The van der Waals surface area contributed by atoms with Crippen LogP contribution in [-0.2, 0) is 9.59 Å². The number of benzene rings is 1. The Morgan fingerprint density at radius 1 is 1.23 bits per heavy atom. The average Bonchev–Trinajstić information content (AvgIpc) is 2.50. The first-order valence-corrected chi connectivity index (χ1v) is 7.05. The number of hydrogen-bond acceptors (Lipinski definition) is 5. The van der Waals surface area contributed by atoms with Gasteiger partial charge in [0.05, 0.1) is 24.5 Å². The maximum Gasteiger partial charge on any atom is 0.329 e. The molecule has 7 nitrogen and oxygen atoms in total. The Labute approximate surface area is 133 Å². The van der Waals surface area contributed by atoms with Crippen LogP contribution >= 0.6 is 11.6 Å². The van der Waals surface area contributed by atoms with E-state index in [4.69, 9.17) is 21.1 Å². The van der Waals surface area contributed by atoms with E-state index >= 15 is 0 Å². The monoisotopic (exact) mass is 327 g/mol. The van der Waals surface area contributed by atoms with Gasteiger partial charge in [0.15, 0.2) is 11.5 Å². The number of carbonyl (C=O) groups excluding carboxylic acids is 2. The molecule has 0 unspecified atom stereocenters. The molecule has 0 bridgehead atoms. The first-order valence-electron chi connectivity index (χ1n) is 6.67. The molecule has 0 aliphatic carbocycles. The van der Waals surface area contributed by atoms with Crippen LogP contribution in [-0.4, -0.2) is 38.3 Å². The Morgan fingerprint density at radius 2 is 1.91 bits per heavy atom. The Kier molecular flexibility index (Phi) is 7.18. The molecule has 0 saturated heterocycles. The number of likely N-dealkylation sites (N-methyl/N-ethyl adjacent to an activating group) is 1. The standard InChI is InChI=1S/C14H18ClN3O4/c1-4-21-11-7-9(6-10(15)12(11)22-5-2)8-17-18-14(20)13(19)16-3/h6-8H,4-5H2,1-3H3,(H,16,19)(H,18,20)/b17-8-. The van der Waals surface area contributed by atoms with Crippen molar-refractivity contribution in [3.05, 3.63) is 22.7 Å². The average molecular weight is 328 g/mol. The molecule has 0 fully saturated rings. The predicted octanol–water partition coefficient (Wildman–Crippen LogP) is 1.33. The van der Waals surface area contributed by atoms with E-state index in [1.807, 2.05) is 13.8 Å². The summed E-state index contributed by atoms with van der Waals surface area (Å²) >= 11 is 6.15. The van der Waals surface area contributed by atoms with Crippen LogP contribution in [0.5, 0.6) is 11.5 Å². The molecule has 120 valence electrons. The fourth-order valence-electron chi connectivity index (χ4n) is 1.54. The van der Waals surface area contributed by atoms with Gasteiger partial charge in [-0.05, 0) is 31.5 Å². The van der Waals surface area contributed by atoms with E-state index in [9.17, 15) is 9.59 Å². The van der Waals surface area contributed by atoms with Crippen molar-refractivity contribution in [2.45, 2.75) is 13.8 Å². The largest absolute Gasteiger partial charge is 0.490 e.